The molecule has 0 aliphatic carbocycles. The molecule has 9 nitrogen and oxygen atoms in total. The van der Waals surface area contributed by atoms with Crippen LogP contribution in [0.5, 0.6) is 0 Å². The first-order valence-corrected chi connectivity index (χ1v) is 5.83. The normalized spacial score (nSPS) is 38.6. The van der Waals surface area contributed by atoms with E-state index in [4.69, 9.17) is 20.0 Å². The maximum absolute atomic E-state index is 10.4. The molecule has 1 aliphatic heterocycles. The van der Waals surface area contributed by atoms with Crippen LogP contribution in [0.15, 0.2) is 0 Å². The number of aliphatic hydroxyl groups excluding tert-OH is 4. The number of phosphoric ester groups is 1. The van der Waals surface area contributed by atoms with Crippen molar-refractivity contribution in [1.29, 1.82) is 0 Å². The van der Waals surface area contributed by atoms with E-state index in [1.165, 1.54) is 0 Å². The molecule has 0 spiro atoms. The quantitative estimate of drug-likeness (QED) is 0.210. The van der Waals surface area contributed by atoms with Gasteiger partial charge in [-0.25, -0.2) is 4.57 Å². The zero-order valence-corrected chi connectivity index (χ0v) is 14.0. The van der Waals surface area contributed by atoms with Crippen LogP contribution in [0.2, 0.25) is 0 Å². The average Bonchev–Trinajstić information content (AvgIpc) is 2.17. The van der Waals surface area contributed by atoms with E-state index in [0.717, 1.165) is 0 Å². The molecule has 3 unspecified atom stereocenters. The Balaban J connectivity index is 0.00000256. The van der Waals surface area contributed by atoms with E-state index in [-0.39, 0.29) is 48.9 Å². The van der Waals surface area contributed by atoms with Crippen molar-refractivity contribution < 1.29 is 44.0 Å². The Hall–Kier alpha value is 1.48. The molecule has 11 heteroatoms. The van der Waals surface area contributed by atoms with Crippen LogP contribution in [0, 0.1) is 0 Å². The number of ether oxygens (including phenoxy) is 1. The predicted molar refractivity (Wildman–Crippen MR) is 52.7 cm³/mol. The Morgan fingerprint density at radius 3 is 2.06 bits per heavy atom. The molecule has 0 amide bonds. The molecule has 0 aromatic carbocycles. The molecule has 1 heterocycles. The second-order valence-corrected chi connectivity index (χ2v) is 4.56. The summed E-state index contributed by atoms with van der Waals surface area (Å²) in [5.41, 5.74) is 0. The smallest absolute Gasteiger partial charge is 0.387 e. The predicted octanol–water partition coefficient (Wildman–Crippen LogP) is -3.49. The molecule has 0 saturated carbocycles. The molecule has 98 valence electrons. The van der Waals surface area contributed by atoms with Crippen molar-refractivity contribution in [2.75, 3.05) is 6.61 Å². The fourth-order valence-corrected chi connectivity index (χ4v) is 1.58. The second kappa shape index (κ2) is 7.31. The first-order valence-electron chi connectivity index (χ1n) is 4.30. The van der Waals surface area contributed by atoms with E-state index in [1.807, 2.05) is 0 Å². The monoisotopic (exact) mass is 398 g/mol. The van der Waals surface area contributed by atoms with Gasteiger partial charge in [-0.05, 0) is 0 Å². The van der Waals surface area contributed by atoms with Crippen molar-refractivity contribution >= 4 is 56.7 Å². The van der Waals surface area contributed by atoms with Crippen molar-refractivity contribution in [3.63, 3.8) is 0 Å². The van der Waals surface area contributed by atoms with Crippen molar-refractivity contribution in [2.45, 2.75) is 30.7 Å². The third-order valence-electron chi connectivity index (χ3n) is 2.09. The SMILES string of the molecule is O=P(O)(O)OCC1OC(O)C(O)[C@@H](O)[C@@H]1O.[Ba]. The van der Waals surface area contributed by atoms with E-state index in [1.54, 1.807) is 0 Å². The first kappa shape index (κ1) is 18.5. The van der Waals surface area contributed by atoms with Gasteiger partial charge in [-0.3, -0.25) is 4.52 Å². The van der Waals surface area contributed by atoms with Gasteiger partial charge in [0.1, 0.15) is 24.4 Å². The van der Waals surface area contributed by atoms with Gasteiger partial charge < -0.3 is 34.9 Å². The summed E-state index contributed by atoms with van der Waals surface area (Å²) >= 11 is 0. The molecule has 6 N–H and O–H groups in total. The van der Waals surface area contributed by atoms with Gasteiger partial charge >= 0.3 is 7.82 Å². The molecule has 17 heavy (non-hydrogen) atoms. The number of rotatable bonds is 3. The average molecular weight is 397 g/mol. The largest absolute Gasteiger partial charge is 0.469 e. The van der Waals surface area contributed by atoms with E-state index in [9.17, 15) is 14.8 Å². The van der Waals surface area contributed by atoms with Gasteiger partial charge in [0.05, 0.1) is 6.61 Å². The zero-order chi connectivity index (χ0) is 12.5. The number of hydrogen-bond donors (Lipinski definition) is 6. The molecule has 5 atom stereocenters. The summed E-state index contributed by atoms with van der Waals surface area (Å²) < 4.78 is 19.0. The van der Waals surface area contributed by atoms with E-state index >= 15 is 0 Å². The Bertz CT molecular complexity index is 283. The second-order valence-electron chi connectivity index (χ2n) is 3.32. The molecular weight excluding hydrogens is 384 g/mol. The van der Waals surface area contributed by atoms with Crippen LogP contribution in [0.25, 0.3) is 0 Å². The summed E-state index contributed by atoms with van der Waals surface area (Å²) in [6.45, 7) is -0.730. The van der Waals surface area contributed by atoms with Crippen LogP contribution in [0.3, 0.4) is 0 Å². The maximum Gasteiger partial charge on any atom is 0.469 e. The molecule has 0 aromatic rings. The van der Waals surface area contributed by atoms with Gasteiger partial charge in [-0.15, -0.1) is 0 Å². The van der Waals surface area contributed by atoms with E-state index < -0.39 is 45.1 Å². The van der Waals surface area contributed by atoms with Crippen LogP contribution in [-0.2, 0) is 13.8 Å². The van der Waals surface area contributed by atoms with Gasteiger partial charge in [0.2, 0.25) is 0 Å². The molecule has 1 saturated heterocycles. The Kier molecular flexibility index (Phi) is 7.95. The Morgan fingerprint density at radius 2 is 1.59 bits per heavy atom. The molecule has 0 aromatic heterocycles. The van der Waals surface area contributed by atoms with Crippen LogP contribution in [0.4, 0.5) is 0 Å². The van der Waals surface area contributed by atoms with Gasteiger partial charge in [-0.2, -0.15) is 0 Å². The summed E-state index contributed by atoms with van der Waals surface area (Å²) in [6, 6.07) is 0. The molecule has 1 aliphatic rings. The minimum Gasteiger partial charge on any atom is -0.387 e. The van der Waals surface area contributed by atoms with Gasteiger partial charge in [-0.1, -0.05) is 0 Å². The van der Waals surface area contributed by atoms with Crippen LogP contribution in [0.1, 0.15) is 0 Å². The van der Waals surface area contributed by atoms with Crippen molar-refractivity contribution in [3.8, 4) is 0 Å². The molecule has 1 fully saturated rings. The van der Waals surface area contributed by atoms with Crippen LogP contribution < -0.4 is 0 Å². The minimum atomic E-state index is -4.73. The minimum absolute atomic E-state index is 0. The number of phosphoric acid groups is 1. The van der Waals surface area contributed by atoms with Crippen molar-refractivity contribution in [2.24, 2.45) is 0 Å². The molecular formula is C6H13BaO9P. The van der Waals surface area contributed by atoms with E-state index in [0.29, 0.717) is 0 Å². The number of aliphatic hydroxyl groups is 4. The van der Waals surface area contributed by atoms with Crippen molar-refractivity contribution in [1.82, 2.24) is 0 Å². The molecule has 2 radical (unpaired) electrons. The topological polar surface area (TPSA) is 157 Å². The first-order chi connectivity index (χ1) is 7.22. The summed E-state index contributed by atoms with van der Waals surface area (Å²) in [5.74, 6) is 0. The zero-order valence-electron chi connectivity index (χ0n) is 8.66. The summed E-state index contributed by atoms with van der Waals surface area (Å²) in [7, 11) is -4.73. The van der Waals surface area contributed by atoms with Crippen molar-refractivity contribution in [3.05, 3.63) is 0 Å². The third-order valence-corrected chi connectivity index (χ3v) is 2.58. The van der Waals surface area contributed by atoms with Gasteiger partial charge in [0.25, 0.3) is 0 Å². The van der Waals surface area contributed by atoms with Gasteiger partial charge in [0, 0.05) is 48.9 Å². The van der Waals surface area contributed by atoms with E-state index in [2.05, 4.69) is 9.26 Å². The summed E-state index contributed by atoms with van der Waals surface area (Å²) in [6.07, 6.45) is -8.11. The number of hydrogen-bond acceptors (Lipinski definition) is 7. The third kappa shape index (κ3) is 5.55. The van der Waals surface area contributed by atoms with Gasteiger partial charge in [0.15, 0.2) is 6.29 Å². The Labute approximate surface area is 137 Å². The maximum atomic E-state index is 10.4. The Morgan fingerprint density at radius 1 is 1.06 bits per heavy atom. The molecule has 0 bridgehead atoms. The summed E-state index contributed by atoms with van der Waals surface area (Å²) in [5, 5.41) is 36.7. The van der Waals surface area contributed by atoms with Crippen LogP contribution >= 0.6 is 7.82 Å². The fraction of sp³-hybridized carbons (Fsp3) is 1.00. The molecule has 1 rings (SSSR count). The standard InChI is InChI=1S/C6H13O9P.Ba/c7-3-2(1-14-16(11,12)13)15-6(10)5(9)4(3)8;/h2-10H,1H2,(H2,11,12,13);/t2?,3-,4+,5?,6?;/m1./s1. The fourth-order valence-electron chi connectivity index (χ4n) is 1.24. The van der Waals surface area contributed by atoms with Crippen LogP contribution in [-0.4, -0.2) is 116 Å². The summed E-state index contributed by atoms with van der Waals surface area (Å²) in [4.78, 5) is 16.8.